The maximum Gasteiger partial charge on any atom is 0.407 e. The molecule has 0 aromatic heterocycles. The maximum atomic E-state index is 11.5. The van der Waals surface area contributed by atoms with Crippen LogP contribution < -0.4 is 5.32 Å². The summed E-state index contributed by atoms with van der Waals surface area (Å²) in [6.45, 7) is 7.19. The Kier molecular flexibility index (Phi) is 6.18. The van der Waals surface area contributed by atoms with Crippen LogP contribution in [0.2, 0.25) is 0 Å². The van der Waals surface area contributed by atoms with Crippen LogP contribution in [-0.2, 0) is 11.2 Å². The molecule has 0 radical (unpaired) electrons. The zero-order valence-electron chi connectivity index (χ0n) is 13.1. The quantitative estimate of drug-likeness (QED) is 0.778. The molecule has 118 valence electrons. The molecule has 3 N–H and O–H groups in total. The Hall–Kier alpha value is -1.59. The third kappa shape index (κ3) is 5.73. The van der Waals surface area contributed by atoms with E-state index in [1.807, 2.05) is 25.1 Å². The summed E-state index contributed by atoms with van der Waals surface area (Å²) in [4.78, 5) is 11.5. The first-order valence-electron chi connectivity index (χ1n) is 7.15. The summed E-state index contributed by atoms with van der Waals surface area (Å²) in [5.41, 5.74) is 1.06. The van der Waals surface area contributed by atoms with Crippen molar-refractivity contribution in [1.82, 2.24) is 5.32 Å². The second-order valence-corrected chi connectivity index (χ2v) is 5.95. The van der Waals surface area contributed by atoms with Crippen molar-refractivity contribution in [2.75, 3.05) is 6.54 Å². The molecule has 2 atom stereocenters. The van der Waals surface area contributed by atoms with E-state index in [-0.39, 0.29) is 6.54 Å². The predicted molar refractivity (Wildman–Crippen MR) is 81.0 cm³/mol. The molecule has 0 heterocycles. The van der Waals surface area contributed by atoms with Crippen molar-refractivity contribution >= 4 is 6.09 Å². The highest BCUT2D eigenvalue weighted by Crippen LogP contribution is 2.21. The summed E-state index contributed by atoms with van der Waals surface area (Å²) in [5.74, 6) is 0. The second kappa shape index (κ2) is 7.43. The largest absolute Gasteiger partial charge is 0.444 e. The fraction of sp³-hybridized carbons (Fsp3) is 0.562. The predicted octanol–water partition coefficient (Wildman–Crippen LogP) is 2.17. The topological polar surface area (TPSA) is 78.8 Å². The zero-order chi connectivity index (χ0) is 16.0. The minimum absolute atomic E-state index is 0.0753. The van der Waals surface area contributed by atoms with Crippen LogP contribution in [0, 0.1) is 0 Å². The molecular formula is C16H25NO4. The summed E-state index contributed by atoms with van der Waals surface area (Å²) in [7, 11) is 0. The van der Waals surface area contributed by atoms with Gasteiger partial charge in [-0.15, -0.1) is 0 Å². The number of aliphatic hydroxyl groups excluding tert-OH is 2. The Labute approximate surface area is 125 Å². The van der Waals surface area contributed by atoms with Crippen LogP contribution in [0.25, 0.3) is 0 Å². The number of amides is 1. The third-order valence-corrected chi connectivity index (χ3v) is 2.97. The number of nitrogens with one attached hydrogen (secondary N) is 1. The van der Waals surface area contributed by atoms with E-state index in [2.05, 4.69) is 5.32 Å². The van der Waals surface area contributed by atoms with Crippen molar-refractivity contribution in [3.05, 3.63) is 35.4 Å². The normalized spacial score (nSPS) is 14.4. The molecule has 0 spiro atoms. The smallest absolute Gasteiger partial charge is 0.407 e. The van der Waals surface area contributed by atoms with Crippen LogP contribution in [-0.4, -0.2) is 34.6 Å². The molecule has 5 nitrogen and oxygen atoms in total. The van der Waals surface area contributed by atoms with Crippen molar-refractivity contribution < 1.29 is 19.7 Å². The Morgan fingerprint density at radius 3 is 2.48 bits per heavy atom. The summed E-state index contributed by atoms with van der Waals surface area (Å²) in [6.07, 6.45) is -1.99. The van der Waals surface area contributed by atoms with E-state index in [1.165, 1.54) is 0 Å². The van der Waals surface area contributed by atoms with E-state index in [4.69, 9.17) is 4.74 Å². The van der Waals surface area contributed by atoms with E-state index in [1.54, 1.807) is 26.8 Å². The van der Waals surface area contributed by atoms with Crippen LogP contribution in [0.1, 0.15) is 44.9 Å². The molecule has 0 saturated carbocycles. The fourth-order valence-electron chi connectivity index (χ4n) is 1.97. The molecular weight excluding hydrogens is 270 g/mol. The Morgan fingerprint density at radius 2 is 1.90 bits per heavy atom. The molecule has 1 amide bonds. The van der Waals surface area contributed by atoms with Crippen molar-refractivity contribution in [3.8, 4) is 0 Å². The molecule has 1 aromatic rings. The summed E-state index contributed by atoms with van der Waals surface area (Å²) in [6, 6.07) is 7.39. The maximum absolute atomic E-state index is 11.5. The van der Waals surface area contributed by atoms with Crippen molar-refractivity contribution in [2.24, 2.45) is 0 Å². The highest BCUT2D eigenvalue weighted by atomic mass is 16.6. The highest BCUT2D eigenvalue weighted by Gasteiger charge is 2.22. The van der Waals surface area contributed by atoms with Crippen LogP contribution in [0.5, 0.6) is 0 Å². The van der Waals surface area contributed by atoms with Gasteiger partial charge in [-0.25, -0.2) is 4.79 Å². The summed E-state index contributed by atoms with van der Waals surface area (Å²) < 4.78 is 5.08. The molecule has 0 aliphatic rings. The molecule has 21 heavy (non-hydrogen) atoms. The second-order valence-electron chi connectivity index (χ2n) is 5.95. The lowest BCUT2D eigenvalue weighted by molar-refractivity contribution is 0.0125. The lowest BCUT2D eigenvalue weighted by atomic mass is 9.97. The number of hydrogen-bond acceptors (Lipinski definition) is 4. The molecule has 1 aromatic carbocycles. The Balaban J connectivity index is 2.59. The van der Waals surface area contributed by atoms with Gasteiger partial charge in [-0.1, -0.05) is 31.2 Å². The lowest BCUT2D eigenvalue weighted by Gasteiger charge is -2.23. The van der Waals surface area contributed by atoms with Gasteiger partial charge in [0.25, 0.3) is 0 Å². The van der Waals surface area contributed by atoms with Gasteiger partial charge in [-0.3, -0.25) is 0 Å². The first-order chi connectivity index (χ1) is 9.74. The molecule has 2 unspecified atom stereocenters. The number of aliphatic hydroxyl groups is 2. The van der Waals surface area contributed by atoms with E-state index >= 15 is 0 Å². The highest BCUT2D eigenvalue weighted by molar-refractivity contribution is 5.67. The van der Waals surface area contributed by atoms with Gasteiger partial charge in [-0.2, -0.15) is 0 Å². The van der Waals surface area contributed by atoms with Crippen LogP contribution in [0.15, 0.2) is 24.3 Å². The van der Waals surface area contributed by atoms with Crippen molar-refractivity contribution in [2.45, 2.75) is 51.9 Å². The Morgan fingerprint density at radius 1 is 1.29 bits per heavy atom. The van der Waals surface area contributed by atoms with Gasteiger partial charge in [0, 0.05) is 6.54 Å². The van der Waals surface area contributed by atoms with E-state index in [0.29, 0.717) is 5.56 Å². The number of hydrogen-bond donors (Lipinski definition) is 3. The molecule has 0 aliphatic heterocycles. The minimum Gasteiger partial charge on any atom is -0.444 e. The number of benzene rings is 1. The van der Waals surface area contributed by atoms with Gasteiger partial charge < -0.3 is 20.3 Å². The molecule has 1 rings (SSSR count). The van der Waals surface area contributed by atoms with Gasteiger partial charge in [0.15, 0.2) is 0 Å². The number of carbonyl (C=O) groups excluding carboxylic acids is 1. The van der Waals surface area contributed by atoms with Crippen molar-refractivity contribution in [3.63, 3.8) is 0 Å². The van der Waals surface area contributed by atoms with Gasteiger partial charge in [-0.05, 0) is 38.3 Å². The number of rotatable bonds is 5. The van der Waals surface area contributed by atoms with Gasteiger partial charge in [0.1, 0.15) is 17.8 Å². The average Bonchev–Trinajstić information content (AvgIpc) is 2.42. The van der Waals surface area contributed by atoms with Gasteiger partial charge >= 0.3 is 6.09 Å². The van der Waals surface area contributed by atoms with E-state index < -0.39 is 23.9 Å². The number of carbonyl (C=O) groups is 1. The third-order valence-electron chi connectivity index (χ3n) is 2.97. The van der Waals surface area contributed by atoms with Crippen molar-refractivity contribution in [1.29, 1.82) is 0 Å². The molecule has 0 fully saturated rings. The Bertz CT molecular complexity index is 468. The molecule has 5 heteroatoms. The number of alkyl carbamates (subject to hydrolysis) is 1. The monoisotopic (exact) mass is 295 g/mol. The van der Waals surface area contributed by atoms with Crippen LogP contribution in [0.4, 0.5) is 4.79 Å². The summed E-state index contributed by atoms with van der Waals surface area (Å²) in [5, 5.41) is 22.7. The van der Waals surface area contributed by atoms with Crippen LogP contribution >= 0.6 is 0 Å². The lowest BCUT2D eigenvalue weighted by Crippen LogP contribution is -2.39. The fourth-order valence-corrected chi connectivity index (χ4v) is 1.97. The molecule has 0 aliphatic carbocycles. The standard InChI is InChI=1S/C16H25NO4/c1-5-11-8-6-7-9-12(11)14(19)13(18)10-17-15(20)21-16(2,3)4/h6-9,13-14,18-19H,5,10H2,1-4H3,(H,17,20). The van der Waals surface area contributed by atoms with Crippen LogP contribution in [0.3, 0.4) is 0 Å². The first-order valence-corrected chi connectivity index (χ1v) is 7.15. The molecule has 0 bridgehead atoms. The number of aryl methyl sites for hydroxylation is 1. The minimum atomic E-state index is -1.09. The van der Waals surface area contributed by atoms with E-state index in [9.17, 15) is 15.0 Å². The van der Waals surface area contributed by atoms with Gasteiger partial charge in [0.05, 0.1) is 0 Å². The van der Waals surface area contributed by atoms with Gasteiger partial charge in [0.2, 0.25) is 0 Å². The van der Waals surface area contributed by atoms with E-state index in [0.717, 1.165) is 12.0 Å². The summed E-state index contributed by atoms with van der Waals surface area (Å²) >= 11 is 0. The molecule has 0 saturated heterocycles. The zero-order valence-corrected chi connectivity index (χ0v) is 13.1. The number of ether oxygens (including phenoxy) is 1. The first kappa shape index (κ1) is 17.5. The average molecular weight is 295 g/mol. The SMILES string of the molecule is CCc1ccccc1C(O)C(O)CNC(=O)OC(C)(C)C.